The predicted octanol–water partition coefficient (Wildman–Crippen LogP) is 2.47. The van der Waals surface area contributed by atoms with Gasteiger partial charge in [-0.3, -0.25) is 4.90 Å². The van der Waals surface area contributed by atoms with Crippen molar-refractivity contribution in [1.82, 2.24) is 10.2 Å². The normalized spacial score (nSPS) is 20.4. The predicted molar refractivity (Wildman–Crippen MR) is 85.2 cm³/mol. The third kappa shape index (κ3) is 3.53. The van der Waals surface area contributed by atoms with Crippen molar-refractivity contribution in [3.05, 3.63) is 29.8 Å². The average Bonchev–Trinajstić information content (AvgIpc) is 3.33. The summed E-state index contributed by atoms with van der Waals surface area (Å²) in [6.45, 7) is 9.15. The maximum Gasteiger partial charge on any atom is 0.0367 e. The minimum absolute atomic E-state index is 0.921. The summed E-state index contributed by atoms with van der Waals surface area (Å²) in [7, 11) is 0. The molecule has 1 aromatic carbocycles. The van der Waals surface area contributed by atoms with E-state index in [1.54, 1.807) is 0 Å². The van der Waals surface area contributed by atoms with Crippen molar-refractivity contribution in [2.24, 2.45) is 0 Å². The second-order valence-electron chi connectivity index (χ2n) is 6.10. The van der Waals surface area contributed by atoms with Gasteiger partial charge in [-0.2, -0.15) is 0 Å². The molecule has 3 nitrogen and oxygen atoms in total. The molecule has 1 N–H and O–H groups in total. The Bertz CT molecular complexity index is 403. The number of nitrogens with zero attached hydrogens (tertiary/aromatic N) is 2. The number of benzene rings is 1. The monoisotopic (exact) mass is 273 g/mol. The van der Waals surface area contributed by atoms with E-state index < -0.39 is 0 Å². The van der Waals surface area contributed by atoms with Crippen molar-refractivity contribution < 1.29 is 0 Å². The van der Waals surface area contributed by atoms with Crippen LogP contribution in [0.15, 0.2) is 24.3 Å². The number of nitrogens with one attached hydrogen (secondary N) is 1. The third-order valence-corrected chi connectivity index (χ3v) is 4.43. The Hall–Kier alpha value is -1.06. The van der Waals surface area contributed by atoms with Crippen LogP contribution in [0.1, 0.15) is 31.7 Å². The molecule has 0 radical (unpaired) electrons. The van der Waals surface area contributed by atoms with Crippen molar-refractivity contribution in [2.45, 2.75) is 38.8 Å². The van der Waals surface area contributed by atoms with Gasteiger partial charge in [0.05, 0.1) is 0 Å². The van der Waals surface area contributed by atoms with Crippen LogP contribution in [-0.2, 0) is 6.54 Å². The van der Waals surface area contributed by atoms with E-state index in [2.05, 4.69) is 46.3 Å². The third-order valence-electron chi connectivity index (χ3n) is 4.43. The maximum atomic E-state index is 3.46. The van der Waals surface area contributed by atoms with Gasteiger partial charge in [0.2, 0.25) is 0 Å². The van der Waals surface area contributed by atoms with E-state index in [1.807, 2.05) is 0 Å². The fraction of sp³-hybridized carbons (Fsp3) is 0.647. The summed E-state index contributed by atoms with van der Waals surface area (Å²) in [4.78, 5) is 5.20. The van der Waals surface area contributed by atoms with Gasteiger partial charge in [0.25, 0.3) is 0 Å². The van der Waals surface area contributed by atoms with Gasteiger partial charge in [0.15, 0.2) is 0 Å². The molecule has 2 fully saturated rings. The van der Waals surface area contributed by atoms with E-state index in [1.165, 1.54) is 56.7 Å². The fourth-order valence-electron chi connectivity index (χ4n) is 3.02. The number of anilines is 1. The topological polar surface area (TPSA) is 18.5 Å². The van der Waals surface area contributed by atoms with Crippen molar-refractivity contribution in [3.63, 3.8) is 0 Å². The van der Waals surface area contributed by atoms with Gasteiger partial charge < -0.3 is 10.2 Å². The van der Waals surface area contributed by atoms with E-state index in [0.717, 1.165) is 19.1 Å². The molecule has 1 aromatic rings. The van der Waals surface area contributed by atoms with Crippen LogP contribution in [0.2, 0.25) is 0 Å². The molecule has 1 aliphatic heterocycles. The van der Waals surface area contributed by atoms with Gasteiger partial charge in [0, 0.05) is 44.5 Å². The van der Waals surface area contributed by atoms with Crippen molar-refractivity contribution in [1.29, 1.82) is 0 Å². The SMILES string of the molecule is CCCNCc1ccc(N2CCN(C3CC3)CC2)cc1. The van der Waals surface area contributed by atoms with Gasteiger partial charge >= 0.3 is 0 Å². The zero-order chi connectivity index (χ0) is 13.8. The van der Waals surface area contributed by atoms with Crippen LogP contribution in [-0.4, -0.2) is 43.7 Å². The molecule has 0 atom stereocenters. The molecule has 2 aliphatic rings. The molecule has 1 aliphatic carbocycles. The van der Waals surface area contributed by atoms with E-state index in [-0.39, 0.29) is 0 Å². The number of hydrogen-bond donors (Lipinski definition) is 1. The molecule has 0 bridgehead atoms. The van der Waals surface area contributed by atoms with Gasteiger partial charge in [-0.25, -0.2) is 0 Å². The van der Waals surface area contributed by atoms with Crippen molar-refractivity contribution in [2.75, 3.05) is 37.6 Å². The molecule has 3 heteroatoms. The molecule has 3 rings (SSSR count). The minimum atomic E-state index is 0.921. The molecule has 110 valence electrons. The molecule has 20 heavy (non-hydrogen) atoms. The highest BCUT2D eigenvalue weighted by atomic mass is 15.3. The molecule has 0 unspecified atom stereocenters. The summed E-state index contributed by atoms with van der Waals surface area (Å²) in [6.07, 6.45) is 4.06. The lowest BCUT2D eigenvalue weighted by atomic mass is 10.1. The van der Waals surface area contributed by atoms with Gasteiger partial charge in [-0.05, 0) is 43.5 Å². The smallest absolute Gasteiger partial charge is 0.0367 e. The van der Waals surface area contributed by atoms with Gasteiger partial charge in [-0.1, -0.05) is 19.1 Å². The summed E-state index contributed by atoms with van der Waals surface area (Å²) in [5, 5.41) is 3.46. The highest BCUT2D eigenvalue weighted by Crippen LogP contribution is 2.28. The quantitative estimate of drug-likeness (QED) is 0.803. The summed E-state index contributed by atoms with van der Waals surface area (Å²) in [5.41, 5.74) is 2.78. The molecule has 1 saturated carbocycles. The van der Waals surface area contributed by atoms with Gasteiger partial charge in [0.1, 0.15) is 0 Å². The molecule has 1 saturated heterocycles. The Labute approximate surface area is 123 Å². The molecule has 0 amide bonds. The Morgan fingerprint density at radius 3 is 2.35 bits per heavy atom. The van der Waals surface area contributed by atoms with E-state index >= 15 is 0 Å². The maximum absolute atomic E-state index is 3.46. The first-order valence-corrected chi connectivity index (χ1v) is 8.15. The highest BCUT2D eigenvalue weighted by molar-refractivity contribution is 5.48. The first kappa shape index (κ1) is 13.9. The lowest BCUT2D eigenvalue weighted by molar-refractivity contribution is 0.248. The van der Waals surface area contributed by atoms with Crippen LogP contribution >= 0.6 is 0 Å². The van der Waals surface area contributed by atoms with E-state index in [0.29, 0.717) is 0 Å². The Balaban J connectivity index is 1.49. The second kappa shape index (κ2) is 6.59. The molecule has 0 spiro atoms. The Kier molecular flexibility index (Phi) is 4.58. The van der Waals surface area contributed by atoms with Crippen molar-refractivity contribution >= 4 is 5.69 Å². The highest BCUT2D eigenvalue weighted by Gasteiger charge is 2.31. The summed E-state index contributed by atoms with van der Waals surface area (Å²) in [6, 6.07) is 10.0. The van der Waals surface area contributed by atoms with Crippen LogP contribution in [0.4, 0.5) is 5.69 Å². The molecule has 0 aromatic heterocycles. The minimum Gasteiger partial charge on any atom is -0.369 e. The van der Waals surface area contributed by atoms with Gasteiger partial charge in [-0.15, -0.1) is 0 Å². The fourth-order valence-corrected chi connectivity index (χ4v) is 3.02. The lowest BCUT2D eigenvalue weighted by Gasteiger charge is -2.36. The number of rotatable bonds is 6. The van der Waals surface area contributed by atoms with Crippen LogP contribution in [0.3, 0.4) is 0 Å². The number of piperazine rings is 1. The summed E-state index contributed by atoms with van der Waals surface area (Å²) in [5.74, 6) is 0. The molecular formula is C17H27N3. The Morgan fingerprint density at radius 1 is 1.05 bits per heavy atom. The molecular weight excluding hydrogens is 246 g/mol. The standard InChI is InChI=1S/C17H27N3/c1-2-9-18-14-15-3-5-16(6-4-15)19-10-12-20(13-11-19)17-7-8-17/h3-6,17-18H,2,7-14H2,1H3. The largest absolute Gasteiger partial charge is 0.369 e. The zero-order valence-electron chi connectivity index (χ0n) is 12.6. The zero-order valence-corrected chi connectivity index (χ0v) is 12.6. The average molecular weight is 273 g/mol. The summed E-state index contributed by atoms with van der Waals surface area (Å²) < 4.78 is 0. The number of hydrogen-bond acceptors (Lipinski definition) is 3. The second-order valence-corrected chi connectivity index (χ2v) is 6.10. The lowest BCUT2D eigenvalue weighted by Crippen LogP contribution is -2.47. The van der Waals surface area contributed by atoms with E-state index in [9.17, 15) is 0 Å². The Morgan fingerprint density at radius 2 is 1.75 bits per heavy atom. The van der Waals surface area contributed by atoms with Crippen LogP contribution in [0.5, 0.6) is 0 Å². The first-order valence-electron chi connectivity index (χ1n) is 8.15. The summed E-state index contributed by atoms with van der Waals surface area (Å²) >= 11 is 0. The van der Waals surface area contributed by atoms with E-state index in [4.69, 9.17) is 0 Å². The van der Waals surface area contributed by atoms with Crippen LogP contribution in [0.25, 0.3) is 0 Å². The van der Waals surface area contributed by atoms with Crippen LogP contribution < -0.4 is 10.2 Å². The molecule has 1 heterocycles. The first-order chi connectivity index (χ1) is 9.86. The van der Waals surface area contributed by atoms with Crippen molar-refractivity contribution in [3.8, 4) is 0 Å². The van der Waals surface area contributed by atoms with Crippen LogP contribution in [0, 0.1) is 0 Å².